The van der Waals surface area contributed by atoms with Gasteiger partial charge in [0.05, 0.1) is 5.56 Å². The van der Waals surface area contributed by atoms with Crippen LogP contribution in [0.5, 0.6) is 0 Å². The van der Waals surface area contributed by atoms with Crippen LogP contribution >= 0.6 is 0 Å². The van der Waals surface area contributed by atoms with Gasteiger partial charge in [0.15, 0.2) is 5.65 Å². The van der Waals surface area contributed by atoms with Gasteiger partial charge in [-0.25, -0.2) is 9.97 Å². The second-order valence-electron chi connectivity index (χ2n) is 8.31. The molecule has 0 atom stereocenters. The van der Waals surface area contributed by atoms with Crippen LogP contribution in [-0.4, -0.2) is 45.5 Å². The molecule has 0 saturated carbocycles. The first-order chi connectivity index (χ1) is 14.6. The molecule has 1 aliphatic heterocycles. The van der Waals surface area contributed by atoms with Crippen molar-refractivity contribution in [2.24, 2.45) is 0 Å². The summed E-state index contributed by atoms with van der Waals surface area (Å²) in [6.07, 6.45) is 5.39. The van der Waals surface area contributed by atoms with Crippen molar-refractivity contribution in [2.75, 3.05) is 20.1 Å². The minimum absolute atomic E-state index is 0.0514. The second kappa shape index (κ2) is 9.39. The molecule has 1 aliphatic rings. The van der Waals surface area contributed by atoms with Gasteiger partial charge >= 0.3 is 0 Å². The fourth-order valence-electron chi connectivity index (χ4n) is 4.21. The van der Waals surface area contributed by atoms with E-state index in [9.17, 15) is 4.79 Å². The van der Waals surface area contributed by atoms with E-state index in [1.54, 1.807) is 0 Å². The number of nitrogens with one attached hydrogen (secondary N) is 1. The monoisotopic (exact) mass is 405 g/mol. The average molecular weight is 406 g/mol. The lowest BCUT2D eigenvalue weighted by Crippen LogP contribution is -2.28. The number of benzene rings is 1. The number of aromatic nitrogens is 3. The number of carbonyl (C=O) groups excluding carboxylic acids is 1. The Morgan fingerprint density at radius 2 is 2.00 bits per heavy atom. The van der Waals surface area contributed by atoms with Gasteiger partial charge in [-0.3, -0.25) is 4.79 Å². The number of hydrogen-bond donors (Lipinski definition) is 1. The minimum Gasteiger partial charge on any atom is -0.352 e. The molecule has 6 heteroatoms. The van der Waals surface area contributed by atoms with Crippen molar-refractivity contribution in [3.63, 3.8) is 0 Å². The minimum atomic E-state index is -0.0514. The van der Waals surface area contributed by atoms with Crippen LogP contribution in [0, 0.1) is 6.92 Å². The molecule has 0 saturated heterocycles. The lowest BCUT2D eigenvalue weighted by molar-refractivity contribution is 0.0953. The first kappa shape index (κ1) is 20.5. The van der Waals surface area contributed by atoms with Crippen molar-refractivity contribution in [1.29, 1.82) is 0 Å². The van der Waals surface area contributed by atoms with Crippen LogP contribution in [0.2, 0.25) is 0 Å². The van der Waals surface area contributed by atoms with E-state index in [4.69, 9.17) is 9.97 Å². The molecule has 0 aliphatic carbocycles. The summed E-state index contributed by atoms with van der Waals surface area (Å²) in [4.78, 5) is 24.7. The van der Waals surface area contributed by atoms with Crippen molar-refractivity contribution in [3.05, 3.63) is 59.0 Å². The Hall–Kier alpha value is -2.73. The van der Waals surface area contributed by atoms with Crippen LogP contribution in [0.4, 0.5) is 0 Å². The highest BCUT2D eigenvalue weighted by Gasteiger charge is 2.20. The Bertz CT molecular complexity index is 1010. The van der Waals surface area contributed by atoms with Crippen molar-refractivity contribution in [2.45, 2.75) is 52.1 Å². The van der Waals surface area contributed by atoms with Crippen molar-refractivity contribution >= 4 is 17.1 Å². The largest absolute Gasteiger partial charge is 0.352 e. The van der Waals surface area contributed by atoms with Gasteiger partial charge in [-0.2, -0.15) is 0 Å². The molecule has 30 heavy (non-hydrogen) atoms. The Balaban J connectivity index is 1.37. The van der Waals surface area contributed by atoms with Gasteiger partial charge in [-0.1, -0.05) is 36.8 Å². The summed E-state index contributed by atoms with van der Waals surface area (Å²) in [6.45, 7) is 5.38. The van der Waals surface area contributed by atoms with Gasteiger partial charge in [-0.15, -0.1) is 0 Å². The van der Waals surface area contributed by atoms with E-state index in [0.29, 0.717) is 12.1 Å². The van der Waals surface area contributed by atoms with Gasteiger partial charge in [0, 0.05) is 31.7 Å². The van der Waals surface area contributed by atoms with Crippen LogP contribution < -0.4 is 5.32 Å². The lowest BCUT2D eigenvalue weighted by atomic mass is 10.2. The molecule has 2 aromatic heterocycles. The predicted molar refractivity (Wildman–Crippen MR) is 120 cm³/mol. The van der Waals surface area contributed by atoms with Crippen LogP contribution in [0.3, 0.4) is 0 Å². The van der Waals surface area contributed by atoms with E-state index in [2.05, 4.69) is 46.1 Å². The molecular weight excluding hydrogens is 374 g/mol. The van der Waals surface area contributed by atoms with E-state index < -0.39 is 0 Å². The summed E-state index contributed by atoms with van der Waals surface area (Å²) in [6, 6.07) is 12.3. The van der Waals surface area contributed by atoms with Crippen LogP contribution in [-0.2, 0) is 19.5 Å². The number of fused-ring (bicyclic) bond motifs is 3. The number of hydrogen-bond acceptors (Lipinski definition) is 4. The molecule has 0 spiro atoms. The van der Waals surface area contributed by atoms with E-state index in [0.717, 1.165) is 68.0 Å². The molecule has 0 bridgehead atoms. The third-order valence-electron chi connectivity index (χ3n) is 5.73. The van der Waals surface area contributed by atoms with E-state index in [1.165, 1.54) is 12.0 Å². The fourth-order valence-corrected chi connectivity index (χ4v) is 4.21. The predicted octanol–water partition coefficient (Wildman–Crippen LogP) is 3.72. The molecule has 1 aromatic carbocycles. The molecule has 0 unspecified atom stereocenters. The number of rotatable bonds is 7. The Labute approximate surface area is 178 Å². The summed E-state index contributed by atoms with van der Waals surface area (Å²) in [5.41, 5.74) is 4.42. The summed E-state index contributed by atoms with van der Waals surface area (Å²) >= 11 is 0. The lowest BCUT2D eigenvalue weighted by Gasteiger charge is -2.16. The molecule has 3 heterocycles. The number of imidazole rings is 1. The van der Waals surface area contributed by atoms with Gasteiger partial charge in [0.1, 0.15) is 11.3 Å². The zero-order chi connectivity index (χ0) is 20.9. The Kier molecular flexibility index (Phi) is 6.43. The molecule has 1 amide bonds. The van der Waals surface area contributed by atoms with Crippen LogP contribution in [0.1, 0.15) is 53.1 Å². The summed E-state index contributed by atoms with van der Waals surface area (Å²) in [5.74, 6) is 1.02. The third-order valence-corrected chi connectivity index (χ3v) is 5.73. The van der Waals surface area contributed by atoms with Gasteiger partial charge in [-0.05, 0) is 51.4 Å². The summed E-state index contributed by atoms with van der Waals surface area (Å²) < 4.78 is 2.21. The second-order valence-corrected chi connectivity index (χ2v) is 8.31. The molecule has 0 fully saturated rings. The Morgan fingerprint density at radius 1 is 1.17 bits per heavy atom. The number of nitrogens with zero attached hydrogens (tertiary/aromatic N) is 4. The quantitative estimate of drug-likeness (QED) is 0.609. The highest BCUT2D eigenvalue weighted by molar-refractivity contribution is 6.04. The molecule has 4 rings (SSSR count). The molecule has 0 radical (unpaired) electrons. The fraction of sp³-hybridized carbons (Fsp3) is 0.458. The SMILES string of the molecule is Cc1cc(C(=O)NCCCN(C)Cc2ccccc2)c2nc3n(c2n1)CCCCC3. The van der Waals surface area contributed by atoms with Gasteiger partial charge in [0.25, 0.3) is 5.91 Å². The van der Waals surface area contributed by atoms with Crippen LogP contribution in [0.25, 0.3) is 11.2 Å². The smallest absolute Gasteiger partial charge is 0.253 e. The molecule has 3 aromatic rings. The first-order valence-electron chi connectivity index (χ1n) is 11.0. The number of amides is 1. The number of pyridine rings is 1. The maximum absolute atomic E-state index is 12.9. The van der Waals surface area contributed by atoms with Crippen molar-refractivity contribution < 1.29 is 4.79 Å². The topological polar surface area (TPSA) is 63.1 Å². The van der Waals surface area contributed by atoms with Gasteiger partial charge < -0.3 is 14.8 Å². The highest BCUT2D eigenvalue weighted by atomic mass is 16.1. The molecular formula is C24H31N5O. The van der Waals surface area contributed by atoms with Crippen molar-refractivity contribution in [3.8, 4) is 0 Å². The summed E-state index contributed by atoms with van der Waals surface area (Å²) in [5, 5.41) is 3.09. The number of carbonyl (C=O) groups is 1. The molecule has 1 N–H and O–H groups in total. The average Bonchev–Trinajstić information content (AvgIpc) is 2.92. The normalized spacial score (nSPS) is 14.0. The highest BCUT2D eigenvalue weighted by Crippen LogP contribution is 2.24. The van der Waals surface area contributed by atoms with Crippen molar-refractivity contribution in [1.82, 2.24) is 24.8 Å². The van der Waals surface area contributed by atoms with E-state index in [1.807, 2.05) is 19.1 Å². The van der Waals surface area contributed by atoms with Gasteiger partial charge in [0.2, 0.25) is 0 Å². The van der Waals surface area contributed by atoms with E-state index >= 15 is 0 Å². The molecule has 158 valence electrons. The number of aryl methyl sites for hydroxylation is 3. The first-order valence-corrected chi connectivity index (χ1v) is 11.0. The maximum atomic E-state index is 12.9. The zero-order valence-electron chi connectivity index (χ0n) is 18.0. The zero-order valence-corrected chi connectivity index (χ0v) is 18.0. The Morgan fingerprint density at radius 3 is 2.83 bits per heavy atom. The summed E-state index contributed by atoms with van der Waals surface area (Å²) in [7, 11) is 2.11. The molecule has 6 nitrogen and oxygen atoms in total. The third kappa shape index (κ3) is 4.70. The van der Waals surface area contributed by atoms with E-state index in [-0.39, 0.29) is 5.91 Å². The standard InChI is InChI=1S/C24H31N5O/c1-18-16-20(22-23(26-18)29-15-8-4-7-12-21(29)27-22)24(30)25-13-9-14-28(2)17-19-10-5-3-6-11-19/h3,5-6,10-11,16H,4,7-9,12-15,17H2,1-2H3,(H,25,30). The van der Waals surface area contributed by atoms with Crippen LogP contribution in [0.15, 0.2) is 36.4 Å². The maximum Gasteiger partial charge on any atom is 0.253 e.